The fourth-order valence-corrected chi connectivity index (χ4v) is 4.07. The van der Waals surface area contributed by atoms with Crippen LogP contribution in [0.5, 0.6) is 0 Å². The van der Waals surface area contributed by atoms with E-state index in [0.717, 1.165) is 16.5 Å². The minimum Gasteiger partial charge on any atom is -0.361 e. The van der Waals surface area contributed by atoms with Gasteiger partial charge >= 0.3 is 0 Å². The van der Waals surface area contributed by atoms with Gasteiger partial charge in [-0.2, -0.15) is 0 Å². The molecule has 1 atom stereocenters. The first kappa shape index (κ1) is 30.6. The maximum absolute atomic E-state index is 13.2. The maximum Gasteiger partial charge on any atom is 0.243 e. The zero-order valence-electron chi connectivity index (χ0n) is 22.6. The van der Waals surface area contributed by atoms with Crippen molar-refractivity contribution in [3.8, 4) is 0 Å². The third kappa shape index (κ3) is 9.63. The molecule has 0 spiro atoms. The number of amides is 7. The molecule has 1 aliphatic heterocycles. The van der Waals surface area contributed by atoms with E-state index < -0.39 is 80.1 Å². The van der Waals surface area contributed by atoms with Gasteiger partial charge < -0.3 is 41.8 Å². The monoisotopic (exact) mass is 570 g/mol. The number of nitrogens with zero attached hydrogens (tertiary/aromatic N) is 1. The van der Waals surface area contributed by atoms with E-state index in [0.29, 0.717) is 6.42 Å². The second kappa shape index (κ2) is 15.0. The van der Waals surface area contributed by atoms with E-state index in [2.05, 4.69) is 36.9 Å². The number of aromatic amines is 1. The number of hydrogen-bond acceptors (Lipinski definition) is 7. The topological polar surface area (TPSA) is 211 Å². The van der Waals surface area contributed by atoms with Crippen molar-refractivity contribution in [3.05, 3.63) is 36.0 Å². The summed E-state index contributed by atoms with van der Waals surface area (Å²) in [7, 11) is 0. The minimum absolute atomic E-state index is 0.0852. The molecule has 41 heavy (non-hydrogen) atoms. The van der Waals surface area contributed by atoms with Crippen LogP contribution in [0, 0.1) is 0 Å². The smallest absolute Gasteiger partial charge is 0.243 e. The van der Waals surface area contributed by atoms with Gasteiger partial charge in [0.1, 0.15) is 6.04 Å². The number of para-hydroxylation sites is 1. The zero-order valence-corrected chi connectivity index (χ0v) is 22.6. The summed E-state index contributed by atoms with van der Waals surface area (Å²) in [6.07, 6.45) is 2.34. The summed E-state index contributed by atoms with van der Waals surface area (Å²) in [6, 6.07) is 6.33. The average Bonchev–Trinajstić information content (AvgIpc) is 3.37. The lowest BCUT2D eigenvalue weighted by molar-refractivity contribution is -0.137. The fourth-order valence-electron chi connectivity index (χ4n) is 4.07. The largest absolute Gasteiger partial charge is 0.361 e. The van der Waals surface area contributed by atoms with Crippen LogP contribution in [0.4, 0.5) is 0 Å². The molecule has 0 radical (unpaired) electrons. The second-order valence-corrected chi connectivity index (χ2v) is 9.32. The van der Waals surface area contributed by atoms with Gasteiger partial charge in [-0.05, 0) is 18.1 Å². The summed E-state index contributed by atoms with van der Waals surface area (Å²) in [5, 5.41) is 15.3. The summed E-state index contributed by atoms with van der Waals surface area (Å²) >= 11 is 0. The standard InChI is InChI=1S/C26H34N8O7/c1-2-7-34-15-24(39)31-12-22(37)29-10-20(35)28-11-21(36)30-13-23(38)33-19(26(41)32-14-25(34)40)8-16-9-27-18-6-4-3-5-17(16)18/h3-6,9,19,27H,2,7-8,10-15H2,1H3,(H,28,35)(H,29,37)(H,30,36)(H,31,39)(H,32,41)(H,33,38)/t19-/m0/s1. The molecule has 2 aromatic rings. The quantitative estimate of drug-likeness (QED) is 0.203. The van der Waals surface area contributed by atoms with Crippen LogP contribution >= 0.6 is 0 Å². The van der Waals surface area contributed by atoms with E-state index in [-0.39, 0.29) is 19.5 Å². The Morgan fingerprint density at radius 2 is 1.32 bits per heavy atom. The average molecular weight is 571 g/mol. The first-order valence-corrected chi connectivity index (χ1v) is 13.1. The molecule has 3 rings (SSSR count). The normalized spacial score (nSPS) is 19.3. The third-order valence-electron chi connectivity index (χ3n) is 6.13. The highest BCUT2D eigenvalue weighted by atomic mass is 16.2. The molecule has 0 bridgehead atoms. The Morgan fingerprint density at radius 1 is 0.732 bits per heavy atom. The molecular formula is C26H34N8O7. The number of carbonyl (C=O) groups excluding carboxylic acids is 7. The molecule has 1 fully saturated rings. The lowest BCUT2D eigenvalue weighted by Gasteiger charge is -2.23. The minimum atomic E-state index is -1.10. The van der Waals surface area contributed by atoms with Crippen molar-refractivity contribution in [2.45, 2.75) is 25.8 Å². The molecule has 1 aromatic heterocycles. The molecule has 1 aliphatic rings. The number of hydrogen-bond donors (Lipinski definition) is 7. The van der Waals surface area contributed by atoms with E-state index in [4.69, 9.17) is 0 Å². The number of benzene rings is 1. The second-order valence-electron chi connectivity index (χ2n) is 9.32. The van der Waals surface area contributed by atoms with Gasteiger partial charge in [0.25, 0.3) is 0 Å². The molecule has 0 saturated carbocycles. The van der Waals surface area contributed by atoms with Crippen molar-refractivity contribution in [3.63, 3.8) is 0 Å². The number of rotatable bonds is 4. The number of H-pyrrole nitrogens is 1. The molecule has 2 heterocycles. The van der Waals surface area contributed by atoms with Gasteiger partial charge in [-0.1, -0.05) is 25.1 Å². The number of fused-ring (bicyclic) bond motifs is 1. The Hall–Kier alpha value is -4.95. The third-order valence-corrected chi connectivity index (χ3v) is 6.13. The van der Waals surface area contributed by atoms with Crippen LogP contribution < -0.4 is 31.9 Å². The first-order chi connectivity index (χ1) is 19.7. The van der Waals surface area contributed by atoms with Gasteiger partial charge in [-0.3, -0.25) is 33.6 Å². The molecule has 1 aromatic carbocycles. The van der Waals surface area contributed by atoms with Crippen LogP contribution in [0.3, 0.4) is 0 Å². The predicted molar refractivity (Wildman–Crippen MR) is 146 cm³/mol. The highest BCUT2D eigenvalue weighted by molar-refractivity contribution is 5.95. The van der Waals surface area contributed by atoms with E-state index in [1.165, 1.54) is 4.90 Å². The van der Waals surface area contributed by atoms with Crippen LogP contribution in [0.15, 0.2) is 30.5 Å². The van der Waals surface area contributed by atoms with Crippen LogP contribution in [-0.2, 0) is 40.0 Å². The lowest BCUT2D eigenvalue weighted by atomic mass is 10.0. The number of aromatic nitrogens is 1. The fraction of sp³-hybridized carbons (Fsp3) is 0.423. The van der Waals surface area contributed by atoms with E-state index in [9.17, 15) is 33.6 Å². The van der Waals surface area contributed by atoms with Crippen molar-refractivity contribution in [1.82, 2.24) is 41.8 Å². The van der Waals surface area contributed by atoms with Crippen LogP contribution in [0.25, 0.3) is 10.9 Å². The van der Waals surface area contributed by atoms with Gasteiger partial charge in [-0.15, -0.1) is 0 Å². The molecular weight excluding hydrogens is 536 g/mol. The summed E-state index contributed by atoms with van der Waals surface area (Å²) in [5.74, 6) is -4.43. The Labute approximate surface area is 235 Å². The van der Waals surface area contributed by atoms with Crippen molar-refractivity contribution in [2.24, 2.45) is 0 Å². The van der Waals surface area contributed by atoms with Crippen molar-refractivity contribution < 1.29 is 33.6 Å². The van der Waals surface area contributed by atoms with Crippen molar-refractivity contribution in [1.29, 1.82) is 0 Å². The highest BCUT2D eigenvalue weighted by Gasteiger charge is 2.25. The van der Waals surface area contributed by atoms with Gasteiger partial charge in [0, 0.05) is 30.1 Å². The predicted octanol–water partition coefficient (Wildman–Crippen LogP) is -2.97. The SMILES string of the molecule is CCCN1CC(=O)NCC(=O)NCC(=O)NCC(=O)NCC(=O)N[C@@H](Cc2c[nH]c3ccccc23)C(=O)NCC1=O. The molecule has 7 amide bonds. The van der Waals surface area contributed by atoms with Crippen LogP contribution in [0.2, 0.25) is 0 Å². The van der Waals surface area contributed by atoms with Gasteiger partial charge in [-0.25, -0.2) is 0 Å². The lowest BCUT2D eigenvalue weighted by Crippen LogP contribution is -2.53. The molecule has 0 aliphatic carbocycles. The molecule has 220 valence electrons. The molecule has 0 unspecified atom stereocenters. The number of nitrogens with one attached hydrogen (secondary N) is 7. The Kier molecular flexibility index (Phi) is 11.2. The molecule has 7 N–H and O–H groups in total. The van der Waals surface area contributed by atoms with Gasteiger partial charge in [0.05, 0.1) is 39.3 Å². The van der Waals surface area contributed by atoms with E-state index in [1.807, 2.05) is 31.2 Å². The molecule has 1 saturated heterocycles. The Bertz CT molecular complexity index is 1310. The summed E-state index contributed by atoms with van der Waals surface area (Å²) in [6.45, 7) is -0.533. The van der Waals surface area contributed by atoms with Crippen molar-refractivity contribution >= 4 is 52.3 Å². The van der Waals surface area contributed by atoms with Crippen LogP contribution in [0.1, 0.15) is 18.9 Å². The molecule has 15 nitrogen and oxygen atoms in total. The van der Waals surface area contributed by atoms with E-state index in [1.54, 1.807) is 6.20 Å². The highest BCUT2D eigenvalue weighted by Crippen LogP contribution is 2.19. The van der Waals surface area contributed by atoms with Gasteiger partial charge in [0.2, 0.25) is 41.4 Å². The van der Waals surface area contributed by atoms with Gasteiger partial charge in [0.15, 0.2) is 0 Å². The maximum atomic E-state index is 13.2. The zero-order chi connectivity index (χ0) is 29.8. The summed E-state index contributed by atoms with van der Waals surface area (Å²) in [4.78, 5) is 91.4. The Balaban J connectivity index is 1.77. The number of carbonyl (C=O) groups is 7. The first-order valence-electron chi connectivity index (χ1n) is 13.1. The molecule has 15 heteroatoms. The van der Waals surface area contributed by atoms with Crippen LogP contribution in [-0.4, -0.2) is 103 Å². The van der Waals surface area contributed by atoms with E-state index >= 15 is 0 Å². The summed E-state index contributed by atoms with van der Waals surface area (Å²) in [5.41, 5.74) is 1.59. The summed E-state index contributed by atoms with van der Waals surface area (Å²) < 4.78 is 0. The Morgan fingerprint density at radius 3 is 1.95 bits per heavy atom. The van der Waals surface area contributed by atoms with Crippen molar-refractivity contribution in [2.75, 3.05) is 45.8 Å².